The third-order valence-electron chi connectivity index (χ3n) is 3.85. The maximum absolute atomic E-state index is 12.5. The molecular formula is C13H25NO4S. The number of hydrogen-bond acceptors (Lipinski definition) is 4. The molecular weight excluding hydrogens is 266 g/mol. The van der Waals surface area contributed by atoms with E-state index in [1.165, 1.54) is 11.4 Å². The summed E-state index contributed by atoms with van der Waals surface area (Å²) in [4.78, 5) is 11.6. The molecule has 0 aromatic carbocycles. The quantitative estimate of drug-likeness (QED) is 0.530. The fourth-order valence-electron chi connectivity index (χ4n) is 2.65. The second kappa shape index (κ2) is 7.24. The van der Waals surface area contributed by atoms with Gasteiger partial charge in [-0.1, -0.05) is 26.2 Å². The van der Waals surface area contributed by atoms with Gasteiger partial charge in [0.2, 0.25) is 10.0 Å². The minimum absolute atomic E-state index is 0.395. The van der Waals surface area contributed by atoms with E-state index in [1.807, 2.05) is 0 Å². The first kappa shape index (κ1) is 16.4. The highest BCUT2D eigenvalue weighted by atomic mass is 32.2. The van der Waals surface area contributed by atoms with Crippen LogP contribution in [0.5, 0.6) is 0 Å². The predicted octanol–water partition coefficient (Wildman–Crippen LogP) is 1.78. The second-order valence-corrected chi connectivity index (χ2v) is 7.43. The molecule has 19 heavy (non-hydrogen) atoms. The Hall–Kier alpha value is -0.620. The van der Waals surface area contributed by atoms with Crippen molar-refractivity contribution < 1.29 is 17.9 Å². The third kappa shape index (κ3) is 3.92. The Morgan fingerprint density at radius 3 is 2.58 bits per heavy atom. The van der Waals surface area contributed by atoms with Crippen LogP contribution in [0.1, 0.15) is 45.4 Å². The van der Waals surface area contributed by atoms with Gasteiger partial charge in [0.05, 0.1) is 18.3 Å². The lowest BCUT2D eigenvalue weighted by Crippen LogP contribution is -2.41. The lowest BCUT2D eigenvalue weighted by atomic mass is 10.1. The van der Waals surface area contributed by atoms with Crippen LogP contribution in [0.4, 0.5) is 0 Å². The smallest absolute Gasteiger partial charge is 0.310 e. The van der Waals surface area contributed by atoms with Crippen molar-refractivity contribution in [3.05, 3.63) is 0 Å². The molecule has 0 heterocycles. The SMILES string of the molecule is CCCCCN(C)S(=O)(=O)C1CCCC1C(=O)OC. The highest BCUT2D eigenvalue weighted by Gasteiger charge is 2.43. The minimum Gasteiger partial charge on any atom is -0.469 e. The standard InChI is InChI=1S/C13H25NO4S/c1-4-5-6-10-14(2)19(16,17)12-9-7-8-11(12)13(15)18-3/h11-12H,4-10H2,1-3H3. The van der Waals surface area contributed by atoms with Gasteiger partial charge in [-0.2, -0.15) is 0 Å². The molecule has 2 atom stereocenters. The Labute approximate surface area is 116 Å². The molecule has 0 amide bonds. The van der Waals surface area contributed by atoms with E-state index in [-0.39, 0.29) is 0 Å². The molecule has 2 unspecified atom stereocenters. The average Bonchev–Trinajstić information content (AvgIpc) is 2.87. The van der Waals surface area contributed by atoms with Crippen molar-refractivity contribution in [3.63, 3.8) is 0 Å². The Kier molecular flexibility index (Phi) is 6.26. The summed E-state index contributed by atoms with van der Waals surface area (Å²) >= 11 is 0. The molecule has 1 saturated carbocycles. The van der Waals surface area contributed by atoms with E-state index in [2.05, 4.69) is 6.92 Å². The van der Waals surface area contributed by atoms with Crippen molar-refractivity contribution in [2.45, 2.75) is 50.7 Å². The highest BCUT2D eigenvalue weighted by molar-refractivity contribution is 7.89. The van der Waals surface area contributed by atoms with E-state index >= 15 is 0 Å². The first-order valence-corrected chi connectivity index (χ1v) is 8.48. The van der Waals surface area contributed by atoms with Gasteiger partial charge in [0.25, 0.3) is 0 Å². The van der Waals surface area contributed by atoms with Gasteiger partial charge in [-0.25, -0.2) is 12.7 Å². The van der Waals surface area contributed by atoms with E-state index in [4.69, 9.17) is 4.74 Å². The van der Waals surface area contributed by atoms with Gasteiger partial charge in [0.1, 0.15) is 0 Å². The fraction of sp³-hybridized carbons (Fsp3) is 0.923. The monoisotopic (exact) mass is 291 g/mol. The largest absolute Gasteiger partial charge is 0.469 e. The van der Waals surface area contributed by atoms with E-state index in [9.17, 15) is 13.2 Å². The number of sulfonamides is 1. The molecule has 0 bridgehead atoms. The third-order valence-corrected chi connectivity index (χ3v) is 6.23. The van der Waals surface area contributed by atoms with Crippen molar-refractivity contribution in [1.29, 1.82) is 0 Å². The van der Waals surface area contributed by atoms with Gasteiger partial charge in [0, 0.05) is 13.6 Å². The van der Waals surface area contributed by atoms with E-state index in [0.29, 0.717) is 19.4 Å². The van der Waals surface area contributed by atoms with Gasteiger partial charge in [-0.15, -0.1) is 0 Å². The molecule has 0 aromatic heterocycles. The van der Waals surface area contributed by atoms with Crippen molar-refractivity contribution in [3.8, 4) is 0 Å². The Bertz CT molecular complexity index is 393. The summed E-state index contributed by atoms with van der Waals surface area (Å²) in [5.41, 5.74) is 0. The molecule has 6 heteroatoms. The van der Waals surface area contributed by atoms with Crippen LogP contribution in [-0.4, -0.2) is 44.6 Å². The van der Waals surface area contributed by atoms with E-state index in [0.717, 1.165) is 25.7 Å². The number of carbonyl (C=O) groups is 1. The second-order valence-electron chi connectivity index (χ2n) is 5.17. The number of nitrogens with zero attached hydrogens (tertiary/aromatic N) is 1. The van der Waals surface area contributed by atoms with Crippen LogP contribution in [0, 0.1) is 5.92 Å². The van der Waals surface area contributed by atoms with Gasteiger partial charge < -0.3 is 4.74 Å². The average molecular weight is 291 g/mol. The molecule has 0 spiro atoms. The topological polar surface area (TPSA) is 63.7 Å². The first-order chi connectivity index (χ1) is 8.95. The molecule has 1 rings (SSSR count). The van der Waals surface area contributed by atoms with Gasteiger partial charge in [0.15, 0.2) is 0 Å². The highest BCUT2D eigenvalue weighted by Crippen LogP contribution is 2.33. The summed E-state index contributed by atoms with van der Waals surface area (Å²) in [5.74, 6) is -0.892. The van der Waals surface area contributed by atoms with Gasteiger partial charge >= 0.3 is 5.97 Å². The van der Waals surface area contributed by atoms with Gasteiger partial charge in [-0.05, 0) is 19.3 Å². The van der Waals surface area contributed by atoms with Crippen LogP contribution < -0.4 is 0 Å². The number of esters is 1. The molecule has 0 aromatic rings. The van der Waals surface area contributed by atoms with Gasteiger partial charge in [-0.3, -0.25) is 4.79 Å². The van der Waals surface area contributed by atoms with Crippen LogP contribution in [0.2, 0.25) is 0 Å². The molecule has 1 fully saturated rings. The van der Waals surface area contributed by atoms with Crippen LogP contribution in [0.3, 0.4) is 0 Å². The first-order valence-electron chi connectivity index (χ1n) is 6.98. The molecule has 0 saturated heterocycles. The zero-order chi connectivity index (χ0) is 14.5. The van der Waals surface area contributed by atoms with Crippen molar-refractivity contribution in [2.75, 3.05) is 20.7 Å². The Morgan fingerprint density at radius 2 is 2.00 bits per heavy atom. The predicted molar refractivity (Wildman–Crippen MR) is 74.2 cm³/mol. The number of carbonyl (C=O) groups excluding carboxylic acids is 1. The molecule has 0 N–H and O–H groups in total. The van der Waals surface area contributed by atoms with Crippen molar-refractivity contribution in [1.82, 2.24) is 4.31 Å². The summed E-state index contributed by atoms with van der Waals surface area (Å²) < 4.78 is 31.1. The summed E-state index contributed by atoms with van der Waals surface area (Å²) in [6.45, 7) is 2.61. The van der Waals surface area contributed by atoms with Crippen molar-refractivity contribution >= 4 is 16.0 Å². The molecule has 0 aliphatic heterocycles. The molecule has 5 nitrogen and oxygen atoms in total. The molecule has 1 aliphatic rings. The lowest BCUT2D eigenvalue weighted by Gasteiger charge is -2.24. The number of unbranched alkanes of at least 4 members (excludes halogenated alkanes) is 2. The zero-order valence-corrected chi connectivity index (χ0v) is 12.9. The molecule has 112 valence electrons. The van der Waals surface area contributed by atoms with Crippen LogP contribution in [-0.2, 0) is 19.6 Å². The Morgan fingerprint density at radius 1 is 1.32 bits per heavy atom. The lowest BCUT2D eigenvalue weighted by molar-refractivity contribution is -0.145. The van der Waals surface area contributed by atoms with Crippen LogP contribution >= 0.6 is 0 Å². The normalized spacial score (nSPS) is 23.8. The fourth-order valence-corrected chi connectivity index (χ4v) is 4.62. The van der Waals surface area contributed by atoms with Crippen molar-refractivity contribution in [2.24, 2.45) is 5.92 Å². The van der Waals surface area contributed by atoms with E-state index < -0.39 is 27.2 Å². The zero-order valence-electron chi connectivity index (χ0n) is 12.1. The minimum atomic E-state index is -3.39. The number of hydrogen-bond donors (Lipinski definition) is 0. The summed E-state index contributed by atoms with van der Waals surface area (Å²) in [6, 6.07) is 0. The summed E-state index contributed by atoms with van der Waals surface area (Å²) in [7, 11) is -0.467. The number of methoxy groups -OCH3 is 1. The van der Waals surface area contributed by atoms with E-state index in [1.54, 1.807) is 7.05 Å². The summed E-state index contributed by atoms with van der Waals surface area (Å²) in [6.07, 6.45) is 4.88. The maximum Gasteiger partial charge on any atom is 0.310 e. The molecule has 1 aliphatic carbocycles. The maximum atomic E-state index is 12.5. The number of rotatable bonds is 7. The van der Waals surface area contributed by atoms with Crippen LogP contribution in [0.15, 0.2) is 0 Å². The Balaban J connectivity index is 2.72. The molecule has 0 radical (unpaired) electrons. The number of ether oxygens (including phenoxy) is 1. The van der Waals surface area contributed by atoms with Crippen LogP contribution in [0.25, 0.3) is 0 Å². The summed E-state index contributed by atoms with van der Waals surface area (Å²) in [5, 5.41) is -0.605.